The molecule has 0 rings (SSSR count). The second-order valence-electron chi connectivity index (χ2n) is 2.72. The summed E-state index contributed by atoms with van der Waals surface area (Å²) < 4.78 is 4.12. The molecule has 0 saturated carbocycles. The van der Waals surface area contributed by atoms with Crippen LogP contribution in [0.5, 0.6) is 0 Å². The van der Waals surface area contributed by atoms with Gasteiger partial charge in [0.15, 0.2) is 5.96 Å². The van der Waals surface area contributed by atoms with Crippen molar-refractivity contribution < 1.29 is 19.1 Å². The molecule has 0 aliphatic carbocycles. The van der Waals surface area contributed by atoms with Crippen LogP contribution in [0.4, 0.5) is 0 Å². The maximum Gasteiger partial charge on any atom is 0.393 e. The molecule has 0 saturated heterocycles. The van der Waals surface area contributed by atoms with Gasteiger partial charge in [0.2, 0.25) is 0 Å². The van der Waals surface area contributed by atoms with Crippen LogP contribution in [-0.4, -0.2) is 34.3 Å². The highest BCUT2D eigenvalue weighted by atomic mass is 31.2. The molecule has 8 N–H and O–H groups in total. The van der Waals surface area contributed by atoms with Crippen LogP contribution in [0.25, 0.3) is 0 Å². The monoisotopic (exact) mass is 238 g/mol. The smallest absolute Gasteiger partial charge is 0.393 e. The van der Waals surface area contributed by atoms with Gasteiger partial charge in [0.05, 0.1) is 0 Å². The summed E-state index contributed by atoms with van der Waals surface area (Å²) in [7, 11) is -2.70. The lowest BCUT2D eigenvalue weighted by Gasteiger charge is -2.10. The summed E-state index contributed by atoms with van der Waals surface area (Å²) in [5, 5.41) is 0. The molecule has 0 aliphatic heterocycles. The highest BCUT2D eigenvalue weighted by molar-refractivity contribution is 7.40. The van der Waals surface area contributed by atoms with Crippen LogP contribution in [0.1, 0.15) is 12.8 Å². The average molecular weight is 238 g/mol. The van der Waals surface area contributed by atoms with Gasteiger partial charge in [-0.05, 0) is 12.8 Å². The first kappa shape index (κ1) is 14.1. The molecule has 0 fully saturated rings. The fraction of sp³-hybridized carbons (Fsp3) is 0.667. The number of carbonyl (C=O) groups is 1. The molecule has 8 nitrogen and oxygen atoms in total. The molecule has 88 valence electrons. The summed E-state index contributed by atoms with van der Waals surface area (Å²) in [6, 6.07) is -0.900. The number of rotatable bonds is 6. The van der Waals surface area contributed by atoms with Gasteiger partial charge in [0, 0.05) is 6.54 Å². The lowest BCUT2D eigenvalue weighted by Crippen LogP contribution is -2.31. The zero-order valence-electron chi connectivity index (χ0n) is 8.04. The average Bonchev–Trinajstić information content (AvgIpc) is 2.10. The normalized spacial score (nSPS) is 12.3. The number of aliphatic imine (C=N–C) groups is 1. The van der Waals surface area contributed by atoms with Crippen LogP contribution in [0.2, 0.25) is 0 Å². The maximum atomic E-state index is 10.9. The third-order valence-corrected chi connectivity index (χ3v) is 1.79. The molecule has 15 heavy (non-hydrogen) atoms. The fourth-order valence-corrected chi connectivity index (χ4v) is 1.08. The Morgan fingerprint density at radius 2 is 2.07 bits per heavy atom. The van der Waals surface area contributed by atoms with Crippen molar-refractivity contribution in [2.75, 3.05) is 6.54 Å². The van der Waals surface area contributed by atoms with E-state index in [-0.39, 0.29) is 5.96 Å². The minimum atomic E-state index is -2.70. The van der Waals surface area contributed by atoms with E-state index in [2.05, 4.69) is 9.52 Å². The van der Waals surface area contributed by atoms with Crippen molar-refractivity contribution in [1.29, 1.82) is 0 Å². The van der Waals surface area contributed by atoms with Gasteiger partial charge >= 0.3 is 14.6 Å². The summed E-state index contributed by atoms with van der Waals surface area (Å²) in [5.74, 6) is -0.879. The molecule has 0 unspecified atom stereocenters. The second-order valence-corrected chi connectivity index (χ2v) is 3.41. The first-order chi connectivity index (χ1) is 6.93. The van der Waals surface area contributed by atoms with Crippen LogP contribution in [0, 0.1) is 0 Å². The second kappa shape index (κ2) is 7.36. The Bertz CT molecular complexity index is 231. The molecule has 0 aromatic heterocycles. The zero-order chi connectivity index (χ0) is 11.8. The van der Waals surface area contributed by atoms with E-state index in [4.69, 9.17) is 27.0 Å². The van der Waals surface area contributed by atoms with Crippen molar-refractivity contribution in [2.24, 2.45) is 22.2 Å². The number of hydrogen-bond donors (Lipinski definition) is 5. The van der Waals surface area contributed by atoms with Crippen LogP contribution in [-0.2, 0) is 9.32 Å². The molecule has 0 bridgehead atoms. The van der Waals surface area contributed by atoms with E-state index >= 15 is 0 Å². The van der Waals surface area contributed by atoms with E-state index < -0.39 is 20.6 Å². The summed E-state index contributed by atoms with van der Waals surface area (Å²) in [6.07, 6.45) is 0.807. The molecular weight excluding hydrogens is 223 g/mol. The van der Waals surface area contributed by atoms with Gasteiger partial charge in [-0.25, -0.2) is 0 Å². The van der Waals surface area contributed by atoms with E-state index in [1.165, 1.54) is 0 Å². The van der Waals surface area contributed by atoms with Gasteiger partial charge in [-0.2, -0.15) is 0 Å². The van der Waals surface area contributed by atoms with Crippen LogP contribution >= 0.6 is 8.60 Å². The predicted octanol–water partition coefficient (Wildman–Crippen LogP) is -1.88. The summed E-state index contributed by atoms with van der Waals surface area (Å²) >= 11 is 0. The van der Waals surface area contributed by atoms with E-state index in [9.17, 15) is 4.79 Å². The Hall–Kier alpha value is -0.950. The van der Waals surface area contributed by atoms with E-state index in [1.54, 1.807) is 0 Å². The van der Waals surface area contributed by atoms with Crippen molar-refractivity contribution in [2.45, 2.75) is 18.9 Å². The Balaban J connectivity index is 3.69. The van der Waals surface area contributed by atoms with Crippen molar-refractivity contribution in [1.82, 2.24) is 0 Å². The summed E-state index contributed by atoms with van der Waals surface area (Å²) in [6.45, 7) is 0.357. The number of nitrogens with two attached hydrogens (primary N) is 3. The Kier molecular flexibility index (Phi) is 6.89. The minimum Gasteiger partial charge on any atom is -0.393 e. The lowest BCUT2D eigenvalue weighted by atomic mass is 10.2. The van der Waals surface area contributed by atoms with Crippen LogP contribution in [0.3, 0.4) is 0 Å². The van der Waals surface area contributed by atoms with Crippen LogP contribution in [0.15, 0.2) is 4.99 Å². The van der Waals surface area contributed by atoms with E-state index in [0.717, 1.165) is 0 Å². The highest BCUT2D eigenvalue weighted by Crippen LogP contribution is 2.25. The molecule has 0 heterocycles. The molecule has 9 heteroatoms. The third-order valence-electron chi connectivity index (χ3n) is 1.44. The zero-order valence-corrected chi connectivity index (χ0v) is 8.93. The lowest BCUT2D eigenvalue weighted by molar-refractivity contribution is -0.136. The Labute approximate surface area is 88.1 Å². The van der Waals surface area contributed by atoms with Gasteiger partial charge < -0.3 is 31.5 Å². The maximum absolute atomic E-state index is 10.9. The standard InChI is InChI=1S/C6H15N4O4P/c7-4(5(11)14-15(12)13)2-1-3-10-6(8)9/h4,12-13H,1-3,7H2,(H4,8,9,10)/t4-/m0/s1. The van der Waals surface area contributed by atoms with Crippen molar-refractivity contribution in [3.63, 3.8) is 0 Å². The van der Waals surface area contributed by atoms with E-state index in [1.807, 2.05) is 0 Å². The van der Waals surface area contributed by atoms with Crippen molar-refractivity contribution >= 4 is 20.5 Å². The summed E-state index contributed by atoms with van der Waals surface area (Å²) in [4.78, 5) is 31.4. The van der Waals surface area contributed by atoms with Gasteiger partial charge in [-0.3, -0.25) is 9.79 Å². The topological polar surface area (TPSA) is 157 Å². The summed E-state index contributed by atoms with van der Waals surface area (Å²) in [5.41, 5.74) is 15.5. The minimum absolute atomic E-state index is 0.0274. The van der Waals surface area contributed by atoms with Gasteiger partial charge in [-0.1, -0.05) is 0 Å². The quantitative estimate of drug-likeness (QED) is 0.157. The molecule has 1 atom stereocenters. The molecule has 0 spiro atoms. The predicted molar refractivity (Wildman–Crippen MR) is 55.3 cm³/mol. The molecule has 0 amide bonds. The van der Waals surface area contributed by atoms with Crippen LogP contribution < -0.4 is 17.2 Å². The number of guanidine groups is 1. The fourth-order valence-electron chi connectivity index (χ4n) is 0.785. The Morgan fingerprint density at radius 3 is 2.53 bits per heavy atom. The molecule has 0 aliphatic rings. The number of carbonyl (C=O) groups excluding carboxylic acids is 1. The van der Waals surface area contributed by atoms with Crippen molar-refractivity contribution in [3.8, 4) is 0 Å². The number of hydrogen-bond acceptors (Lipinski definition) is 6. The van der Waals surface area contributed by atoms with Gasteiger partial charge in [0.25, 0.3) is 0 Å². The molecule has 0 aromatic carbocycles. The van der Waals surface area contributed by atoms with Crippen molar-refractivity contribution in [3.05, 3.63) is 0 Å². The SMILES string of the molecule is NC(N)=NCCC[C@H](N)C(=O)OP(O)O. The molecule has 0 aromatic rings. The molecular formula is C6H15N4O4P. The van der Waals surface area contributed by atoms with Gasteiger partial charge in [0.1, 0.15) is 6.04 Å². The molecule has 0 radical (unpaired) electrons. The van der Waals surface area contributed by atoms with E-state index in [0.29, 0.717) is 19.4 Å². The third kappa shape index (κ3) is 8.07. The largest absolute Gasteiger partial charge is 0.393 e. The highest BCUT2D eigenvalue weighted by Gasteiger charge is 2.17. The number of nitrogens with zero attached hydrogens (tertiary/aromatic N) is 1. The first-order valence-electron chi connectivity index (χ1n) is 4.14. The Morgan fingerprint density at radius 1 is 1.47 bits per heavy atom. The first-order valence-corrected chi connectivity index (χ1v) is 5.30. The van der Waals surface area contributed by atoms with Gasteiger partial charge in [-0.15, -0.1) is 0 Å².